The summed E-state index contributed by atoms with van der Waals surface area (Å²) in [5.41, 5.74) is 0. The Bertz CT molecular complexity index is 408. The molecule has 22 heavy (non-hydrogen) atoms. The number of hydrogen-bond donors (Lipinski definition) is 1. The van der Waals surface area contributed by atoms with Gasteiger partial charge in [-0.3, -0.25) is 4.79 Å². The summed E-state index contributed by atoms with van der Waals surface area (Å²) < 4.78 is 18.0. The number of rotatable bonds is 5. The summed E-state index contributed by atoms with van der Waals surface area (Å²) in [6, 6.07) is 0. The first-order valence-corrected chi connectivity index (χ1v) is 8.36. The third kappa shape index (κ3) is 3.63. The molecule has 0 radical (unpaired) electrons. The Balaban J connectivity index is 2.04. The molecule has 0 saturated carbocycles. The molecule has 0 aromatic carbocycles. The molecule has 128 valence electrons. The van der Waals surface area contributed by atoms with Crippen molar-refractivity contribution < 1.29 is 24.1 Å². The minimum absolute atomic E-state index is 0.0368. The van der Waals surface area contributed by atoms with Crippen molar-refractivity contribution >= 4 is 5.97 Å². The summed E-state index contributed by atoms with van der Waals surface area (Å²) in [5.74, 6) is -1.60. The SMILES string of the molecule is COC1(C)CCC2(CCC(C)C(C(C)CC(C)C(=O)O)O2)O1. The largest absolute Gasteiger partial charge is 0.481 e. The molecule has 6 unspecified atom stereocenters. The molecule has 5 heteroatoms. The molecule has 0 aliphatic carbocycles. The Morgan fingerprint density at radius 3 is 2.59 bits per heavy atom. The summed E-state index contributed by atoms with van der Waals surface area (Å²) in [5, 5.41) is 9.12. The predicted molar refractivity (Wildman–Crippen MR) is 82.3 cm³/mol. The van der Waals surface area contributed by atoms with Crippen LogP contribution in [0, 0.1) is 17.8 Å². The first-order valence-electron chi connectivity index (χ1n) is 8.36. The molecule has 2 saturated heterocycles. The van der Waals surface area contributed by atoms with E-state index >= 15 is 0 Å². The van der Waals surface area contributed by atoms with Gasteiger partial charge < -0.3 is 19.3 Å². The number of hydrogen-bond acceptors (Lipinski definition) is 4. The molecule has 0 bridgehead atoms. The summed E-state index contributed by atoms with van der Waals surface area (Å²) in [7, 11) is 1.67. The van der Waals surface area contributed by atoms with E-state index in [9.17, 15) is 4.79 Å². The summed E-state index contributed by atoms with van der Waals surface area (Å²) in [4.78, 5) is 11.1. The fraction of sp³-hybridized carbons (Fsp3) is 0.941. The molecule has 2 heterocycles. The van der Waals surface area contributed by atoms with Crippen LogP contribution in [-0.4, -0.2) is 35.9 Å². The number of carboxylic acids is 1. The number of methoxy groups -OCH3 is 1. The molecule has 0 aromatic rings. The van der Waals surface area contributed by atoms with E-state index in [0.717, 1.165) is 25.7 Å². The lowest BCUT2D eigenvalue weighted by Crippen LogP contribution is -2.48. The van der Waals surface area contributed by atoms with Crippen LogP contribution in [0.4, 0.5) is 0 Å². The Labute approximate surface area is 133 Å². The van der Waals surface area contributed by atoms with Crippen LogP contribution in [-0.2, 0) is 19.0 Å². The van der Waals surface area contributed by atoms with E-state index < -0.39 is 17.5 Å². The monoisotopic (exact) mass is 314 g/mol. The van der Waals surface area contributed by atoms with Gasteiger partial charge in [-0.1, -0.05) is 20.8 Å². The highest BCUT2D eigenvalue weighted by Gasteiger charge is 2.52. The van der Waals surface area contributed by atoms with Crippen molar-refractivity contribution in [2.45, 2.75) is 77.5 Å². The van der Waals surface area contributed by atoms with Gasteiger partial charge in [-0.15, -0.1) is 0 Å². The van der Waals surface area contributed by atoms with Crippen molar-refractivity contribution in [3.63, 3.8) is 0 Å². The van der Waals surface area contributed by atoms with Gasteiger partial charge in [0.05, 0.1) is 12.0 Å². The summed E-state index contributed by atoms with van der Waals surface area (Å²) in [6.45, 7) is 7.98. The molecule has 2 aliphatic rings. The van der Waals surface area contributed by atoms with E-state index in [1.165, 1.54) is 0 Å². The van der Waals surface area contributed by atoms with Crippen LogP contribution in [0.5, 0.6) is 0 Å². The molecule has 5 nitrogen and oxygen atoms in total. The van der Waals surface area contributed by atoms with Gasteiger partial charge in [0.1, 0.15) is 0 Å². The molecule has 0 amide bonds. The third-order valence-electron chi connectivity index (χ3n) is 5.39. The maximum absolute atomic E-state index is 11.1. The van der Waals surface area contributed by atoms with Crippen LogP contribution < -0.4 is 0 Å². The predicted octanol–water partition coefficient (Wildman–Crippen LogP) is 3.42. The lowest BCUT2D eigenvalue weighted by atomic mass is 9.81. The summed E-state index contributed by atoms with van der Waals surface area (Å²) >= 11 is 0. The minimum Gasteiger partial charge on any atom is -0.481 e. The van der Waals surface area contributed by atoms with Gasteiger partial charge in [0.2, 0.25) is 0 Å². The molecule has 1 N–H and O–H groups in total. The number of ether oxygens (including phenoxy) is 3. The van der Waals surface area contributed by atoms with Crippen LogP contribution in [0.1, 0.15) is 59.8 Å². The highest BCUT2D eigenvalue weighted by atomic mass is 16.8. The third-order valence-corrected chi connectivity index (χ3v) is 5.39. The number of aliphatic carboxylic acids is 1. The zero-order valence-electron chi connectivity index (χ0n) is 14.4. The Morgan fingerprint density at radius 2 is 2.05 bits per heavy atom. The van der Waals surface area contributed by atoms with Gasteiger partial charge in [0.25, 0.3) is 0 Å². The first kappa shape index (κ1) is 17.7. The van der Waals surface area contributed by atoms with Crippen LogP contribution in [0.25, 0.3) is 0 Å². The molecule has 2 rings (SSSR count). The van der Waals surface area contributed by atoms with E-state index in [2.05, 4.69) is 13.8 Å². The van der Waals surface area contributed by atoms with Gasteiger partial charge in [0.15, 0.2) is 11.6 Å². The zero-order chi connectivity index (χ0) is 16.5. The van der Waals surface area contributed by atoms with Gasteiger partial charge in [-0.25, -0.2) is 0 Å². The van der Waals surface area contributed by atoms with Crippen molar-refractivity contribution in [2.75, 3.05) is 7.11 Å². The van der Waals surface area contributed by atoms with E-state index in [1.807, 2.05) is 6.92 Å². The van der Waals surface area contributed by atoms with Gasteiger partial charge >= 0.3 is 5.97 Å². The van der Waals surface area contributed by atoms with E-state index in [4.69, 9.17) is 19.3 Å². The van der Waals surface area contributed by atoms with Crippen molar-refractivity contribution in [1.29, 1.82) is 0 Å². The maximum Gasteiger partial charge on any atom is 0.306 e. The second kappa shape index (κ2) is 6.46. The molecular weight excluding hydrogens is 284 g/mol. The number of carboxylic acid groups (broad SMARTS) is 1. The molecular formula is C17H30O5. The van der Waals surface area contributed by atoms with E-state index in [-0.39, 0.29) is 17.9 Å². The fourth-order valence-corrected chi connectivity index (χ4v) is 3.82. The van der Waals surface area contributed by atoms with Gasteiger partial charge in [0, 0.05) is 26.4 Å². The minimum atomic E-state index is -0.742. The molecule has 6 atom stereocenters. The summed E-state index contributed by atoms with van der Waals surface area (Å²) in [6.07, 6.45) is 4.24. The lowest BCUT2D eigenvalue weighted by Gasteiger charge is -2.44. The Morgan fingerprint density at radius 1 is 1.36 bits per heavy atom. The van der Waals surface area contributed by atoms with Crippen LogP contribution in [0.2, 0.25) is 0 Å². The van der Waals surface area contributed by atoms with E-state index in [1.54, 1.807) is 14.0 Å². The Kier molecular flexibility index (Phi) is 5.20. The fourth-order valence-electron chi connectivity index (χ4n) is 3.82. The molecule has 0 aromatic heterocycles. The van der Waals surface area contributed by atoms with Crippen molar-refractivity contribution in [3.8, 4) is 0 Å². The average molecular weight is 314 g/mol. The average Bonchev–Trinajstić information content (AvgIpc) is 2.80. The highest BCUT2D eigenvalue weighted by molar-refractivity contribution is 5.69. The maximum atomic E-state index is 11.1. The van der Waals surface area contributed by atoms with Crippen LogP contribution in [0.15, 0.2) is 0 Å². The Hall–Kier alpha value is -0.650. The van der Waals surface area contributed by atoms with Gasteiger partial charge in [-0.2, -0.15) is 0 Å². The molecule has 2 fully saturated rings. The van der Waals surface area contributed by atoms with Crippen LogP contribution in [0.3, 0.4) is 0 Å². The number of carbonyl (C=O) groups is 1. The topological polar surface area (TPSA) is 65.0 Å². The van der Waals surface area contributed by atoms with Gasteiger partial charge in [-0.05, 0) is 31.6 Å². The molecule has 2 aliphatic heterocycles. The second-order valence-electron chi connectivity index (χ2n) is 7.40. The smallest absolute Gasteiger partial charge is 0.306 e. The normalized spacial score (nSPS) is 41.5. The highest BCUT2D eigenvalue weighted by Crippen LogP contribution is 2.48. The van der Waals surface area contributed by atoms with Crippen molar-refractivity contribution in [3.05, 3.63) is 0 Å². The lowest BCUT2D eigenvalue weighted by molar-refractivity contribution is -0.342. The second-order valence-corrected chi connectivity index (χ2v) is 7.40. The van der Waals surface area contributed by atoms with Crippen LogP contribution >= 0.6 is 0 Å². The van der Waals surface area contributed by atoms with E-state index in [0.29, 0.717) is 12.3 Å². The zero-order valence-corrected chi connectivity index (χ0v) is 14.4. The van der Waals surface area contributed by atoms with Crippen molar-refractivity contribution in [2.24, 2.45) is 17.8 Å². The van der Waals surface area contributed by atoms with Crippen molar-refractivity contribution in [1.82, 2.24) is 0 Å². The first-order chi connectivity index (χ1) is 10.2. The quantitative estimate of drug-likeness (QED) is 0.842. The molecule has 1 spiro atoms. The standard InChI is InChI=1S/C17H30O5/c1-11-6-7-17(9-8-16(4,20-5)22-17)21-14(11)12(2)10-13(3)15(18)19/h11-14H,6-10H2,1-5H3,(H,18,19).